The van der Waals surface area contributed by atoms with E-state index in [9.17, 15) is 18.5 Å². The van der Waals surface area contributed by atoms with Gasteiger partial charge in [0.2, 0.25) is 10.0 Å². The second kappa shape index (κ2) is 6.36. The number of nitro benzene ring substituents is 1. The molecule has 0 unspecified atom stereocenters. The Morgan fingerprint density at radius 2 is 2.10 bits per heavy atom. The predicted octanol–water partition coefficient (Wildman–Crippen LogP) is 1.33. The number of nitrogens with one attached hydrogen (secondary N) is 2. The predicted molar refractivity (Wildman–Crippen MR) is 75.9 cm³/mol. The summed E-state index contributed by atoms with van der Waals surface area (Å²) >= 11 is 0. The molecule has 108 valence electrons. The van der Waals surface area contributed by atoms with Crippen LogP contribution in [0.4, 0.5) is 11.4 Å². The topological polar surface area (TPSA) is 101 Å². The van der Waals surface area contributed by atoms with E-state index in [1.807, 2.05) is 0 Å². The lowest BCUT2D eigenvalue weighted by atomic mass is 10.2. The van der Waals surface area contributed by atoms with Gasteiger partial charge in [-0.3, -0.25) is 10.1 Å². The highest BCUT2D eigenvalue weighted by Crippen LogP contribution is 2.27. The van der Waals surface area contributed by atoms with Crippen molar-refractivity contribution in [2.24, 2.45) is 0 Å². The van der Waals surface area contributed by atoms with Gasteiger partial charge in [-0.2, -0.15) is 0 Å². The number of terminal acetylenes is 1. The van der Waals surface area contributed by atoms with Gasteiger partial charge in [0.1, 0.15) is 5.69 Å². The van der Waals surface area contributed by atoms with Crippen LogP contribution < -0.4 is 10.0 Å². The normalized spacial score (nSPS) is 11.1. The molecule has 0 bridgehead atoms. The van der Waals surface area contributed by atoms with Gasteiger partial charge in [-0.1, -0.05) is 5.92 Å². The van der Waals surface area contributed by atoms with E-state index in [1.54, 1.807) is 13.8 Å². The third-order valence-electron chi connectivity index (χ3n) is 2.25. The average molecular weight is 297 g/mol. The molecule has 0 aliphatic carbocycles. The average Bonchev–Trinajstić information content (AvgIpc) is 2.34. The molecule has 0 heterocycles. The number of anilines is 1. The Balaban J connectivity index is 3.24. The molecule has 8 heteroatoms. The van der Waals surface area contributed by atoms with Crippen LogP contribution in [0.5, 0.6) is 0 Å². The Morgan fingerprint density at radius 1 is 1.45 bits per heavy atom. The van der Waals surface area contributed by atoms with Gasteiger partial charge >= 0.3 is 0 Å². The first-order valence-corrected chi connectivity index (χ1v) is 7.24. The van der Waals surface area contributed by atoms with E-state index in [-0.39, 0.29) is 28.9 Å². The smallest absolute Gasteiger partial charge is 0.293 e. The maximum absolute atomic E-state index is 12.0. The molecule has 0 fully saturated rings. The molecule has 1 aromatic rings. The molecule has 1 rings (SSSR count). The number of hydrogen-bond acceptors (Lipinski definition) is 5. The molecule has 2 N–H and O–H groups in total. The zero-order chi connectivity index (χ0) is 15.3. The van der Waals surface area contributed by atoms with Gasteiger partial charge < -0.3 is 5.32 Å². The Bertz CT molecular complexity index is 647. The molecular formula is C12H15N3O4S. The van der Waals surface area contributed by atoms with Crippen molar-refractivity contribution in [3.05, 3.63) is 28.3 Å². The molecule has 0 aliphatic rings. The molecule has 0 saturated carbocycles. The summed E-state index contributed by atoms with van der Waals surface area (Å²) in [6.07, 6.45) is 5.07. The highest BCUT2D eigenvalue weighted by molar-refractivity contribution is 7.89. The number of benzene rings is 1. The molecule has 0 radical (unpaired) electrons. The summed E-state index contributed by atoms with van der Waals surface area (Å²) < 4.78 is 26.3. The van der Waals surface area contributed by atoms with E-state index in [0.717, 1.165) is 6.07 Å². The maximum Gasteiger partial charge on any atom is 0.293 e. The minimum atomic E-state index is -3.78. The van der Waals surface area contributed by atoms with Gasteiger partial charge in [-0.15, -0.1) is 6.42 Å². The van der Waals surface area contributed by atoms with Crippen LogP contribution in [0.1, 0.15) is 13.8 Å². The lowest BCUT2D eigenvalue weighted by Gasteiger charge is -2.10. The quantitative estimate of drug-likeness (QED) is 0.468. The fraction of sp³-hybridized carbons (Fsp3) is 0.333. The van der Waals surface area contributed by atoms with Crippen molar-refractivity contribution in [3.8, 4) is 12.3 Å². The molecule has 7 nitrogen and oxygen atoms in total. The Hall–Kier alpha value is -2.11. The molecule has 0 aliphatic heterocycles. The third kappa shape index (κ3) is 3.94. The summed E-state index contributed by atoms with van der Waals surface area (Å²) in [5.74, 6) is 2.29. The van der Waals surface area contributed by atoms with Crippen LogP contribution in [0.15, 0.2) is 23.1 Å². The SMILES string of the molecule is C#CCNc1ccc(S(=O)(=O)NC(C)C)cc1[N+](=O)[O-]. The highest BCUT2D eigenvalue weighted by Gasteiger charge is 2.21. The van der Waals surface area contributed by atoms with Crippen molar-refractivity contribution < 1.29 is 13.3 Å². The van der Waals surface area contributed by atoms with Crippen molar-refractivity contribution in [1.82, 2.24) is 4.72 Å². The molecular weight excluding hydrogens is 282 g/mol. The van der Waals surface area contributed by atoms with Gasteiger partial charge in [0, 0.05) is 12.1 Å². The van der Waals surface area contributed by atoms with E-state index in [4.69, 9.17) is 6.42 Å². The summed E-state index contributed by atoms with van der Waals surface area (Å²) in [5.41, 5.74) is -0.164. The number of nitro groups is 1. The van der Waals surface area contributed by atoms with E-state index in [2.05, 4.69) is 16.0 Å². The third-order valence-corrected chi connectivity index (χ3v) is 3.90. The lowest BCUT2D eigenvalue weighted by molar-refractivity contribution is -0.384. The van der Waals surface area contributed by atoms with Crippen LogP contribution in [0.3, 0.4) is 0 Å². The highest BCUT2D eigenvalue weighted by atomic mass is 32.2. The number of nitrogens with zero attached hydrogens (tertiary/aromatic N) is 1. The van der Waals surface area contributed by atoms with Crippen LogP contribution in [0, 0.1) is 22.5 Å². The summed E-state index contributed by atoms with van der Waals surface area (Å²) in [4.78, 5) is 10.2. The van der Waals surface area contributed by atoms with Gasteiger partial charge in [0.15, 0.2) is 0 Å². The standard InChI is InChI=1S/C12H15N3O4S/c1-4-7-13-11-6-5-10(8-12(11)15(16)17)20(18,19)14-9(2)3/h1,5-6,8-9,13-14H,7H2,2-3H3. The van der Waals surface area contributed by atoms with Crippen LogP contribution in [-0.2, 0) is 10.0 Å². The first kappa shape index (κ1) is 15.9. The fourth-order valence-corrected chi connectivity index (χ4v) is 2.77. The molecule has 0 atom stereocenters. The monoisotopic (exact) mass is 297 g/mol. The molecule has 0 amide bonds. The van der Waals surface area contributed by atoms with Crippen LogP contribution in [0.2, 0.25) is 0 Å². The van der Waals surface area contributed by atoms with Gasteiger partial charge in [-0.25, -0.2) is 13.1 Å². The summed E-state index contributed by atoms with van der Waals surface area (Å²) in [7, 11) is -3.78. The summed E-state index contributed by atoms with van der Waals surface area (Å²) in [6.45, 7) is 3.43. The second-order valence-corrected chi connectivity index (χ2v) is 5.98. The van der Waals surface area contributed by atoms with Crippen LogP contribution in [0.25, 0.3) is 0 Å². The van der Waals surface area contributed by atoms with Crippen molar-refractivity contribution >= 4 is 21.4 Å². The minimum Gasteiger partial charge on any atom is -0.369 e. The molecule has 0 aromatic heterocycles. The first-order valence-electron chi connectivity index (χ1n) is 5.76. The van der Waals surface area contributed by atoms with E-state index in [0.29, 0.717) is 0 Å². The first-order chi connectivity index (χ1) is 9.27. The minimum absolute atomic E-state index is 0.108. The van der Waals surface area contributed by atoms with E-state index in [1.165, 1.54) is 12.1 Å². The lowest BCUT2D eigenvalue weighted by Crippen LogP contribution is -2.30. The Morgan fingerprint density at radius 3 is 2.60 bits per heavy atom. The maximum atomic E-state index is 12.0. The van der Waals surface area contributed by atoms with Gasteiger partial charge in [-0.05, 0) is 26.0 Å². The second-order valence-electron chi connectivity index (χ2n) is 4.27. The van der Waals surface area contributed by atoms with Crippen molar-refractivity contribution in [1.29, 1.82) is 0 Å². The Labute approximate surface area is 117 Å². The Kier molecular flexibility index (Phi) is 5.07. The molecule has 1 aromatic carbocycles. The molecule has 20 heavy (non-hydrogen) atoms. The van der Waals surface area contributed by atoms with Crippen molar-refractivity contribution in [2.45, 2.75) is 24.8 Å². The summed E-state index contributed by atoms with van der Waals surface area (Å²) in [5, 5.41) is 13.7. The zero-order valence-electron chi connectivity index (χ0n) is 11.1. The molecule has 0 spiro atoms. The number of rotatable bonds is 6. The van der Waals surface area contributed by atoms with Gasteiger partial charge in [0.05, 0.1) is 16.4 Å². The largest absolute Gasteiger partial charge is 0.369 e. The molecule has 0 saturated heterocycles. The number of sulfonamides is 1. The van der Waals surface area contributed by atoms with Crippen LogP contribution in [-0.4, -0.2) is 25.9 Å². The summed E-state index contributed by atoms with van der Waals surface area (Å²) in [6, 6.07) is 3.31. The zero-order valence-corrected chi connectivity index (χ0v) is 11.9. The van der Waals surface area contributed by atoms with Crippen LogP contribution >= 0.6 is 0 Å². The van der Waals surface area contributed by atoms with Crippen molar-refractivity contribution in [3.63, 3.8) is 0 Å². The van der Waals surface area contributed by atoms with Gasteiger partial charge in [0.25, 0.3) is 5.69 Å². The van der Waals surface area contributed by atoms with E-state index >= 15 is 0 Å². The fourth-order valence-electron chi connectivity index (χ4n) is 1.50. The van der Waals surface area contributed by atoms with E-state index < -0.39 is 14.9 Å². The number of hydrogen-bond donors (Lipinski definition) is 2. The van der Waals surface area contributed by atoms with Crippen molar-refractivity contribution in [2.75, 3.05) is 11.9 Å².